The molecule has 0 aromatic heterocycles. The number of ether oxygens (including phenoxy) is 2. The van der Waals surface area contributed by atoms with Crippen LogP contribution in [-0.2, 0) is 9.47 Å². The van der Waals surface area contributed by atoms with Crippen LogP contribution in [0.3, 0.4) is 0 Å². The molecule has 1 unspecified atom stereocenters. The third-order valence-corrected chi connectivity index (χ3v) is 3.07. The highest BCUT2D eigenvalue weighted by molar-refractivity contribution is 5.02. The van der Waals surface area contributed by atoms with Crippen LogP contribution in [0.15, 0.2) is 0 Å². The number of nitriles is 2. The molecule has 1 saturated carbocycles. The van der Waals surface area contributed by atoms with Crippen LogP contribution in [0.25, 0.3) is 0 Å². The van der Waals surface area contributed by atoms with Gasteiger partial charge < -0.3 is 14.6 Å². The zero-order valence-electron chi connectivity index (χ0n) is 9.89. The molecule has 1 aliphatic rings. The van der Waals surface area contributed by atoms with Crippen molar-refractivity contribution in [2.75, 3.05) is 33.0 Å². The zero-order valence-corrected chi connectivity index (χ0v) is 9.89. The van der Waals surface area contributed by atoms with E-state index in [2.05, 4.69) is 0 Å². The molecule has 1 fully saturated rings. The molecule has 0 aromatic carbocycles. The Balaban J connectivity index is 2.22. The maximum atomic E-state index is 9.13. The van der Waals surface area contributed by atoms with E-state index in [9.17, 15) is 0 Å². The van der Waals surface area contributed by atoms with Crippen molar-refractivity contribution >= 4 is 0 Å². The molecule has 0 aromatic rings. The van der Waals surface area contributed by atoms with Crippen LogP contribution in [0, 0.1) is 34.0 Å². The van der Waals surface area contributed by atoms with E-state index in [1.54, 1.807) is 0 Å². The second-order valence-corrected chi connectivity index (χ2v) is 4.37. The SMILES string of the molecule is N#CCCOCC1(COCCC#N)CC1CO. The molecule has 5 nitrogen and oxygen atoms in total. The normalized spacial score (nSPS) is 20.5. The molecule has 0 bridgehead atoms. The van der Waals surface area contributed by atoms with Crippen LogP contribution >= 0.6 is 0 Å². The van der Waals surface area contributed by atoms with Crippen LogP contribution in [0.2, 0.25) is 0 Å². The standard InChI is InChI=1S/C12H18N2O3/c13-3-1-5-16-9-12(7-11(12)8-15)10-17-6-2-4-14/h11,15H,1-2,5-10H2. The molecule has 1 atom stereocenters. The van der Waals surface area contributed by atoms with Gasteiger partial charge in [0.15, 0.2) is 0 Å². The number of hydrogen-bond donors (Lipinski definition) is 1. The first kappa shape index (κ1) is 13.9. The summed E-state index contributed by atoms with van der Waals surface area (Å²) in [6, 6.07) is 4.04. The first-order chi connectivity index (χ1) is 8.29. The van der Waals surface area contributed by atoms with Crippen molar-refractivity contribution in [2.24, 2.45) is 11.3 Å². The highest BCUT2D eigenvalue weighted by Gasteiger charge is 2.54. The Morgan fingerprint density at radius 1 is 1.12 bits per heavy atom. The lowest BCUT2D eigenvalue weighted by atomic mass is 10.1. The summed E-state index contributed by atoms with van der Waals surface area (Å²) in [6.45, 7) is 2.03. The van der Waals surface area contributed by atoms with E-state index >= 15 is 0 Å². The molecule has 0 heterocycles. The van der Waals surface area contributed by atoms with Crippen molar-refractivity contribution in [1.29, 1.82) is 10.5 Å². The monoisotopic (exact) mass is 238 g/mol. The number of aliphatic hydroxyl groups is 1. The van der Waals surface area contributed by atoms with Crippen LogP contribution in [0.5, 0.6) is 0 Å². The van der Waals surface area contributed by atoms with Crippen LogP contribution < -0.4 is 0 Å². The predicted octanol–water partition coefficient (Wildman–Crippen LogP) is 0.846. The lowest BCUT2D eigenvalue weighted by Gasteiger charge is -2.16. The topological polar surface area (TPSA) is 86.3 Å². The molecule has 0 aliphatic heterocycles. The lowest BCUT2D eigenvalue weighted by molar-refractivity contribution is 0.0189. The van der Waals surface area contributed by atoms with Crippen LogP contribution in [0.4, 0.5) is 0 Å². The second-order valence-electron chi connectivity index (χ2n) is 4.37. The molecular formula is C12H18N2O3. The Morgan fingerprint density at radius 3 is 2.00 bits per heavy atom. The van der Waals surface area contributed by atoms with Gasteiger partial charge in [0.1, 0.15) is 0 Å². The fraction of sp³-hybridized carbons (Fsp3) is 0.833. The maximum Gasteiger partial charge on any atom is 0.0645 e. The van der Waals surface area contributed by atoms with Gasteiger partial charge in [-0.25, -0.2) is 0 Å². The largest absolute Gasteiger partial charge is 0.396 e. The van der Waals surface area contributed by atoms with Gasteiger partial charge in [0.2, 0.25) is 0 Å². The minimum Gasteiger partial charge on any atom is -0.396 e. The summed E-state index contributed by atoms with van der Waals surface area (Å²) in [5, 5.41) is 25.9. The average Bonchev–Trinajstić information content (AvgIpc) is 3.05. The molecule has 0 radical (unpaired) electrons. The second kappa shape index (κ2) is 7.24. The van der Waals surface area contributed by atoms with Crippen molar-refractivity contribution in [3.63, 3.8) is 0 Å². The lowest BCUT2D eigenvalue weighted by Crippen LogP contribution is -2.22. The van der Waals surface area contributed by atoms with Gasteiger partial charge in [-0.05, 0) is 12.3 Å². The number of hydrogen-bond acceptors (Lipinski definition) is 5. The molecule has 17 heavy (non-hydrogen) atoms. The molecule has 1 N–H and O–H groups in total. The Labute approximate surface area is 102 Å². The average molecular weight is 238 g/mol. The summed E-state index contributed by atoms with van der Waals surface area (Å²) in [5.74, 6) is 0.228. The fourth-order valence-corrected chi connectivity index (χ4v) is 1.87. The van der Waals surface area contributed by atoms with Gasteiger partial charge in [-0.1, -0.05) is 0 Å². The van der Waals surface area contributed by atoms with E-state index in [1.807, 2.05) is 12.1 Å². The Kier molecular flexibility index (Phi) is 5.93. The third-order valence-electron chi connectivity index (χ3n) is 3.07. The van der Waals surface area contributed by atoms with Gasteiger partial charge in [0.05, 0.1) is 51.4 Å². The van der Waals surface area contributed by atoms with Gasteiger partial charge in [-0.3, -0.25) is 0 Å². The highest BCUT2D eigenvalue weighted by Crippen LogP contribution is 2.52. The highest BCUT2D eigenvalue weighted by atomic mass is 16.5. The third kappa shape index (κ3) is 4.32. The molecule has 0 spiro atoms. The Bertz CT molecular complexity index is 284. The quantitative estimate of drug-likeness (QED) is 0.602. The van der Waals surface area contributed by atoms with E-state index in [0.29, 0.717) is 39.3 Å². The van der Waals surface area contributed by atoms with Crippen molar-refractivity contribution in [2.45, 2.75) is 19.3 Å². The van der Waals surface area contributed by atoms with Crippen molar-refractivity contribution < 1.29 is 14.6 Å². The summed E-state index contributed by atoms with van der Waals surface area (Å²) in [5.41, 5.74) is -0.0976. The number of rotatable bonds is 9. The van der Waals surface area contributed by atoms with Crippen LogP contribution in [-0.4, -0.2) is 38.1 Å². The molecule has 94 valence electrons. The number of nitrogens with zero attached hydrogens (tertiary/aromatic N) is 2. The van der Waals surface area contributed by atoms with E-state index in [0.717, 1.165) is 6.42 Å². The summed E-state index contributed by atoms with van der Waals surface area (Å²) in [6.07, 6.45) is 1.66. The van der Waals surface area contributed by atoms with Crippen LogP contribution in [0.1, 0.15) is 19.3 Å². The van der Waals surface area contributed by atoms with Gasteiger partial charge in [0, 0.05) is 12.0 Å². The minimum atomic E-state index is -0.0976. The first-order valence-electron chi connectivity index (χ1n) is 5.79. The molecule has 1 rings (SSSR count). The summed E-state index contributed by atoms with van der Waals surface area (Å²) in [4.78, 5) is 0. The molecule has 0 saturated heterocycles. The molecular weight excluding hydrogens is 220 g/mol. The fourth-order valence-electron chi connectivity index (χ4n) is 1.87. The first-order valence-corrected chi connectivity index (χ1v) is 5.79. The van der Waals surface area contributed by atoms with Gasteiger partial charge in [-0.2, -0.15) is 10.5 Å². The van der Waals surface area contributed by atoms with Gasteiger partial charge in [-0.15, -0.1) is 0 Å². The Morgan fingerprint density at radius 2 is 1.65 bits per heavy atom. The Hall–Kier alpha value is -1.14. The van der Waals surface area contributed by atoms with E-state index in [-0.39, 0.29) is 17.9 Å². The molecule has 0 amide bonds. The van der Waals surface area contributed by atoms with E-state index in [4.69, 9.17) is 25.1 Å². The van der Waals surface area contributed by atoms with Crippen molar-refractivity contribution in [1.82, 2.24) is 0 Å². The smallest absolute Gasteiger partial charge is 0.0645 e. The minimum absolute atomic E-state index is 0.0976. The van der Waals surface area contributed by atoms with Crippen molar-refractivity contribution in [3.05, 3.63) is 0 Å². The van der Waals surface area contributed by atoms with Crippen molar-refractivity contribution in [3.8, 4) is 12.1 Å². The summed E-state index contributed by atoms with van der Waals surface area (Å²) >= 11 is 0. The molecule has 5 heteroatoms. The van der Waals surface area contributed by atoms with Gasteiger partial charge >= 0.3 is 0 Å². The van der Waals surface area contributed by atoms with E-state index in [1.165, 1.54) is 0 Å². The molecule has 1 aliphatic carbocycles. The predicted molar refractivity (Wildman–Crippen MR) is 59.7 cm³/mol. The summed E-state index contributed by atoms with van der Waals surface area (Å²) in [7, 11) is 0. The summed E-state index contributed by atoms with van der Waals surface area (Å²) < 4.78 is 10.8. The zero-order chi connectivity index (χ0) is 12.6. The van der Waals surface area contributed by atoms with E-state index < -0.39 is 0 Å². The number of aliphatic hydroxyl groups excluding tert-OH is 1. The maximum absolute atomic E-state index is 9.13. The van der Waals surface area contributed by atoms with Gasteiger partial charge in [0.25, 0.3) is 0 Å².